The first-order chi connectivity index (χ1) is 23.5. The molecule has 18 nitrogen and oxygen atoms in total. The van der Waals surface area contributed by atoms with Crippen LogP contribution in [0.1, 0.15) is 11.1 Å². The Morgan fingerprint density at radius 2 is 0.922 bits per heavy atom. The molecule has 0 radical (unpaired) electrons. The first-order valence-corrected chi connectivity index (χ1v) is 18.4. The molecule has 21 heteroatoms. The first-order valence-electron chi connectivity index (χ1n) is 15.3. The third-order valence-corrected chi connectivity index (χ3v) is 8.76. The van der Waals surface area contributed by atoms with Gasteiger partial charge >= 0.3 is 11.9 Å². The molecule has 0 aliphatic heterocycles. The topological polar surface area (TPSA) is 278 Å². The van der Waals surface area contributed by atoms with Gasteiger partial charge in [-0.1, -0.05) is 24.3 Å². The van der Waals surface area contributed by atoms with Crippen molar-refractivity contribution in [1.82, 2.24) is 20.4 Å². The van der Waals surface area contributed by atoms with Gasteiger partial charge < -0.3 is 30.3 Å². The average molecular weight is 810 g/mol. The van der Waals surface area contributed by atoms with Crippen molar-refractivity contribution >= 4 is 43.8 Å². The van der Waals surface area contributed by atoms with E-state index in [-0.39, 0.29) is 108 Å². The van der Waals surface area contributed by atoms with E-state index in [2.05, 4.69) is 10.6 Å². The largest absolute Gasteiger partial charge is 0.480 e. The van der Waals surface area contributed by atoms with Gasteiger partial charge in [0, 0.05) is 45.7 Å². The Kier molecular flexibility index (Phi) is 20.8. The number of nitrogens with one attached hydrogen (secondary N) is 2. The van der Waals surface area contributed by atoms with Gasteiger partial charge in [0.2, 0.25) is 31.9 Å². The van der Waals surface area contributed by atoms with Crippen molar-refractivity contribution in [2.75, 3.05) is 78.8 Å². The number of primary sulfonamides is 2. The number of carboxylic acid groups (broad SMARTS) is 2. The van der Waals surface area contributed by atoms with Crippen molar-refractivity contribution in [3.8, 4) is 0 Å². The fourth-order valence-electron chi connectivity index (χ4n) is 4.42. The zero-order valence-electron chi connectivity index (χ0n) is 28.1. The quantitative estimate of drug-likeness (QED) is 0.0459. The molecule has 2 amide bonds. The number of hydrogen-bond acceptors (Lipinski definition) is 12. The molecule has 0 saturated carbocycles. The minimum absolute atomic E-state index is 0. The van der Waals surface area contributed by atoms with E-state index in [1.54, 1.807) is 24.3 Å². The van der Waals surface area contributed by atoms with Crippen molar-refractivity contribution in [2.45, 2.75) is 22.6 Å². The monoisotopic (exact) mass is 808 g/mol. The van der Waals surface area contributed by atoms with Crippen LogP contribution in [0.25, 0.3) is 0 Å². The standard InChI is InChI=1S/C30H44N6O12S2.Zn/c31-49(43,44)25-5-1-23(2-6-25)9-11-33-27(37)19-35(21-29(39)40)13-15-47-17-18-48-16-14-36(22-30(41)42)20-28(38)34-12-10-24-3-7-26(8-4-24)50(32,45)46;/h1-8H,9-22H2,(H,33,37)(H,34,38)(H,39,40)(H,41,42)(H2,31,43,44)(H2,32,45,46);. The molecule has 0 fully saturated rings. The van der Waals surface area contributed by atoms with Gasteiger partial charge in [0.15, 0.2) is 0 Å². The second-order valence-corrected chi connectivity index (χ2v) is 14.1. The normalized spacial score (nSPS) is 11.6. The summed E-state index contributed by atoms with van der Waals surface area (Å²) < 4.78 is 56.4. The first kappa shape index (κ1) is 45.6. The van der Waals surface area contributed by atoms with Gasteiger partial charge in [-0.3, -0.25) is 29.0 Å². The number of nitrogens with zero attached hydrogens (tertiary/aromatic N) is 2. The number of amides is 2. The van der Waals surface area contributed by atoms with E-state index in [9.17, 15) is 46.2 Å². The molecule has 280 valence electrons. The minimum Gasteiger partial charge on any atom is -0.480 e. The molecule has 2 aromatic carbocycles. The van der Waals surface area contributed by atoms with E-state index < -0.39 is 43.8 Å². The molecule has 0 atom stereocenters. The van der Waals surface area contributed by atoms with Crippen LogP contribution in [0.4, 0.5) is 0 Å². The molecule has 0 aliphatic carbocycles. The summed E-state index contributed by atoms with van der Waals surface area (Å²) in [5.74, 6) is -3.03. The van der Waals surface area contributed by atoms with Crippen molar-refractivity contribution < 1.29 is 75.2 Å². The number of carbonyl (C=O) groups excluding carboxylic acids is 2. The molecule has 0 bridgehead atoms. The Morgan fingerprint density at radius 1 is 0.588 bits per heavy atom. The summed E-state index contributed by atoms with van der Waals surface area (Å²) in [6.07, 6.45) is 0.841. The van der Waals surface area contributed by atoms with Crippen LogP contribution in [0.15, 0.2) is 58.3 Å². The van der Waals surface area contributed by atoms with Gasteiger partial charge in [-0.05, 0) is 48.2 Å². The summed E-state index contributed by atoms with van der Waals surface area (Å²) in [5.41, 5.74) is 1.55. The maximum absolute atomic E-state index is 12.4. The summed E-state index contributed by atoms with van der Waals surface area (Å²) in [7, 11) is -7.60. The van der Waals surface area contributed by atoms with Crippen LogP contribution < -0.4 is 20.9 Å². The fourth-order valence-corrected chi connectivity index (χ4v) is 5.45. The predicted octanol–water partition coefficient (Wildman–Crippen LogP) is -2.20. The fraction of sp³-hybridized carbons (Fsp3) is 0.467. The molecule has 0 heterocycles. The summed E-state index contributed by atoms with van der Waals surface area (Å²) in [5, 5.41) is 34.0. The number of carbonyl (C=O) groups is 4. The maximum Gasteiger partial charge on any atom is 0.317 e. The summed E-state index contributed by atoms with van der Waals surface area (Å²) in [4.78, 5) is 50.0. The molecule has 0 aliphatic rings. The van der Waals surface area contributed by atoms with E-state index in [4.69, 9.17) is 19.8 Å². The second-order valence-electron chi connectivity index (χ2n) is 11.0. The maximum atomic E-state index is 12.4. The molecular weight excluding hydrogens is 766 g/mol. The number of rotatable bonds is 25. The number of benzene rings is 2. The van der Waals surface area contributed by atoms with Gasteiger partial charge in [0.25, 0.3) is 0 Å². The number of sulfonamides is 2. The van der Waals surface area contributed by atoms with Gasteiger partial charge in [-0.15, -0.1) is 0 Å². The Morgan fingerprint density at radius 3 is 1.22 bits per heavy atom. The smallest absolute Gasteiger partial charge is 0.317 e. The van der Waals surface area contributed by atoms with Crippen molar-refractivity contribution in [3.63, 3.8) is 0 Å². The van der Waals surface area contributed by atoms with Crippen molar-refractivity contribution in [2.24, 2.45) is 10.3 Å². The second kappa shape index (κ2) is 23.2. The predicted molar refractivity (Wildman–Crippen MR) is 179 cm³/mol. The molecule has 0 unspecified atom stereocenters. The number of nitrogens with two attached hydrogens (primary N) is 2. The van der Waals surface area contributed by atoms with E-state index >= 15 is 0 Å². The molecule has 2 rings (SSSR count). The molecule has 0 saturated heterocycles. The number of hydrogen-bond donors (Lipinski definition) is 6. The van der Waals surface area contributed by atoms with Crippen LogP contribution in [0, 0.1) is 0 Å². The molecular formula is C30H44N6O12S2Zn. The molecule has 51 heavy (non-hydrogen) atoms. The summed E-state index contributed by atoms with van der Waals surface area (Å²) in [6, 6.07) is 11.8. The van der Waals surface area contributed by atoms with Crippen LogP contribution in [0.2, 0.25) is 0 Å². The van der Waals surface area contributed by atoms with E-state index in [0.29, 0.717) is 12.8 Å². The van der Waals surface area contributed by atoms with Gasteiger partial charge in [-0.25, -0.2) is 27.1 Å². The Hall–Kier alpha value is -3.40. The van der Waals surface area contributed by atoms with E-state index in [0.717, 1.165) is 11.1 Å². The Balaban J connectivity index is 0.0000130. The molecule has 0 aromatic heterocycles. The minimum atomic E-state index is -3.80. The average Bonchev–Trinajstić information content (AvgIpc) is 3.01. The van der Waals surface area contributed by atoms with Gasteiger partial charge in [-0.2, -0.15) is 0 Å². The van der Waals surface area contributed by atoms with Gasteiger partial charge in [0.1, 0.15) is 0 Å². The zero-order valence-corrected chi connectivity index (χ0v) is 32.7. The molecule has 0 spiro atoms. The molecule has 8 N–H and O–H groups in total. The van der Waals surface area contributed by atoms with Crippen LogP contribution in [-0.2, 0) is 81.0 Å². The SMILES string of the molecule is NS(=O)(=O)c1ccc(CCNC(=O)CN(CCOCCOCCN(CC(=O)O)CC(=O)NCCc2ccc(S(N)(=O)=O)cc2)CC(=O)O)cc1.[Zn]. The zero-order chi connectivity index (χ0) is 37.2. The number of aliphatic carboxylic acids is 2. The third kappa shape index (κ3) is 20.3. The van der Waals surface area contributed by atoms with Crippen LogP contribution in [-0.4, -0.2) is 139 Å². The number of ether oxygens (including phenoxy) is 2. The van der Waals surface area contributed by atoms with Crippen LogP contribution in [0.3, 0.4) is 0 Å². The van der Waals surface area contributed by atoms with E-state index in [1.807, 2.05) is 0 Å². The van der Waals surface area contributed by atoms with Crippen LogP contribution in [0.5, 0.6) is 0 Å². The van der Waals surface area contributed by atoms with Crippen molar-refractivity contribution in [1.29, 1.82) is 0 Å². The van der Waals surface area contributed by atoms with E-state index in [1.165, 1.54) is 34.1 Å². The third-order valence-electron chi connectivity index (χ3n) is 6.90. The Labute approximate surface area is 309 Å². The summed E-state index contributed by atoms with van der Waals surface area (Å²) >= 11 is 0. The molecule has 2 aromatic rings. The van der Waals surface area contributed by atoms with Gasteiger partial charge in [0.05, 0.1) is 62.4 Å². The van der Waals surface area contributed by atoms with Crippen LogP contribution >= 0.6 is 0 Å². The number of carboxylic acids is 2. The Bertz CT molecular complexity index is 1510. The summed E-state index contributed by atoms with van der Waals surface area (Å²) in [6.45, 7) is 0.183. The van der Waals surface area contributed by atoms with Crippen molar-refractivity contribution in [3.05, 3.63) is 59.7 Å².